The maximum Gasteiger partial charge on any atom is 0.124 e. The Morgan fingerprint density at radius 2 is 1.65 bits per heavy atom. The van der Waals surface area contributed by atoms with Crippen LogP contribution in [-0.2, 0) is 12.2 Å². The minimum Gasteiger partial charge on any atom is -0.489 e. The molecule has 0 radical (unpaired) electrons. The summed E-state index contributed by atoms with van der Waals surface area (Å²) in [6, 6.07) is 27.9. The minimum absolute atomic E-state index is 0.206. The van der Waals surface area contributed by atoms with Gasteiger partial charge in [-0.05, 0) is 61.6 Å². The second kappa shape index (κ2) is 11.5. The normalized spacial score (nSPS) is 16.5. The second-order valence-electron chi connectivity index (χ2n) is 9.02. The van der Waals surface area contributed by atoms with Crippen LogP contribution in [0.15, 0.2) is 78.9 Å². The number of benzene rings is 3. The summed E-state index contributed by atoms with van der Waals surface area (Å²) in [5.41, 5.74) is 2.21. The Hall–Kier alpha value is -2.84. The van der Waals surface area contributed by atoms with Crippen molar-refractivity contribution in [2.24, 2.45) is 0 Å². The molecule has 0 bridgehead atoms. The van der Waals surface area contributed by atoms with E-state index in [-0.39, 0.29) is 5.92 Å². The minimum atomic E-state index is -0.786. The number of piperidine rings is 1. The van der Waals surface area contributed by atoms with E-state index in [1.807, 2.05) is 78.9 Å². The molecule has 34 heavy (non-hydrogen) atoms. The lowest BCUT2D eigenvalue weighted by Crippen LogP contribution is -2.42. The average Bonchev–Trinajstić information content (AvgIpc) is 2.88. The van der Waals surface area contributed by atoms with Crippen LogP contribution in [0.4, 0.5) is 0 Å². The van der Waals surface area contributed by atoms with Gasteiger partial charge in [-0.2, -0.15) is 5.26 Å². The van der Waals surface area contributed by atoms with Gasteiger partial charge in [0.25, 0.3) is 0 Å². The molecule has 4 nitrogen and oxygen atoms in total. The molecule has 1 saturated heterocycles. The summed E-state index contributed by atoms with van der Waals surface area (Å²) in [4.78, 5) is 2.39. The molecule has 0 aromatic heterocycles. The first-order chi connectivity index (χ1) is 16.6. The average molecular weight is 475 g/mol. The summed E-state index contributed by atoms with van der Waals surface area (Å²) >= 11 is 5.99. The second-order valence-corrected chi connectivity index (χ2v) is 9.45. The van der Waals surface area contributed by atoms with Crippen molar-refractivity contribution in [3.63, 3.8) is 0 Å². The van der Waals surface area contributed by atoms with Crippen LogP contribution in [0.1, 0.15) is 48.3 Å². The maximum atomic E-state index is 11.1. The van der Waals surface area contributed by atoms with Gasteiger partial charge in [0.05, 0.1) is 17.6 Å². The summed E-state index contributed by atoms with van der Waals surface area (Å²) in [5, 5.41) is 21.7. The number of likely N-dealkylation sites (tertiary alicyclic amines) is 1. The van der Waals surface area contributed by atoms with E-state index in [2.05, 4.69) is 11.0 Å². The molecular formula is C29H31ClN2O2. The van der Waals surface area contributed by atoms with Crippen LogP contribution in [0, 0.1) is 11.3 Å². The lowest BCUT2D eigenvalue weighted by atomic mass is 9.84. The molecule has 3 aromatic rings. The predicted molar refractivity (Wildman–Crippen MR) is 136 cm³/mol. The van der Waals surface area contributed by atoms with Crippen LogP contribution in [0.2, 0.25) is 5.02 Å². The molecule has 176 valence electrons. The molecule has 1 aliphatic rings. The third-order valence-corrected chi connectivity index (χ3v) is 6.97. The number of hydrogen-bond acceptors (Lipinski definition) is 4. The Labute approximate surface area is 207 Å². The van der Waals surface area contributed by atoms with Crippen molar-refractivity contribution in [1.82, 2.24) is 4.90 Å². The summed E-state index contributed by atoms with van der Waals surface area (Å²) in [6.07, 6.45) is 3.10. The van der Waals surface area contributed by atoms with E-state index in [1.54, 1.807) is 0 Å². The third kappa shape index (κ3) is 6.18. The van der Waals surface area contributed by atoms with Crippen LogP contribution in [-0.4, -0.2) is 29.6 Å². The van der Waals surface area contributed by atoms with Crippen LogP contribution in [0.25, 0.3) is 0 Å². The number of nitrogens with zero attached hydrogens (tertiary/aromatic N) is 2. The molecule has 4 rings (SSSR count). The largest absolute Gasteiger partial charge is 0.489 e. The molecule has 1 fully saturated rings. The number of rotatable bonds is 9. The van der Waals surface area contributed by atoms with E-state index in [0.717, 1.165) is 54.9 Å². The quantitative estimate of drug-likeness (QED) is 0.396. The van der Waals surface area contributed by atoms with Crippen molar-refractivity contribution in [2.75, 3.05) is 19.6 Å². The van der Waals surface area contributed by atoms with Gasteiger partial charge in [0, 0.05) is 23.7 Å². The Bertz CT molecular complexity index is 1090. The van der Waals surface area contributed by atoms with Gasteiger partial charge in [-0.3, -0.25) is 0 Å². The van der Waals surface area contributed by atoms with Crippen LogP contribution in [0.3, 0.4) is 0 Å². The number of para-hydroxylation sites is 1. The third-order valence-electron chi connectivity index (χ3n) is 6.72. The highest BCUT2D eigenvalue weighted by Crippen LogP contribution is 2.34. The van der Waals surface area contributed by atoms with Gasteiger partial charge in [-0.25, -0.2) is 0 Å². The van der Waals surface area contributed by atoms with Crippen molar-refractivity contribution in [3.05, 3.63) is 101 Å². The zero-order valence-electron chi connectivity index (χ0n) is 19.4. The fourth-order valence-electron chi connectivity index (χ4n) is 4.64. The van der Waals surface area contributed by atoms with E-state index >= 15 is 0 Å². The van der Waals surface area contributed by atoms with Crippen molar-refractivity contribution in [1.29, 1.82) is 5.26 Å². The molecule has 0 saturated carbocycles. The Kier molecular flexibility index (Phi) is 8.24. The van der Waals surface area contributed by atoms with Gasteiger partial charge < -0.3 is 14.7 Å². The molecule has 0 aliphatic carbocycles. The van der Waals surface area contributed by atoms with Crippen molar-refractivity contribution >= 4 is 11.6 Å². The number of nitriles is 1. The summed E-state index contributed by atoms with van der Waals surface area (Å²) in [6.45, 7) is 3.09. The van der Waals surface area contributed by atoms with Gasteiger partial charge in [0.2, 0.25) is 0 Å². The first-order valence-corrected chi connectivity index (χ1v) is 12.3. The predicted octanol–water partition coefficient (Wildman–Crippen LogP) is 6.29. The molecule has 1 N–H and O–H groups in total. The Morgan fingerprint density at radius 1 is 0.971 bits per heavy atom. The maximum absolute atomic E-state index is 11.1. The summed E-state index contributed by atoms with van der Waals surface area (Å²) < 4.78 is 6.08. The fourth-order valence-corrected chi connectivity index (χ4v) is 4.77. The van der Waals surface area contributed by atoms with Gasteiger partial charge in [-0.1, -0.05) is 72.3 Å². The smallest absolute Gasteiger partial charge is 0.124 e. The van der Waals surface area contributed by atoms with Crippen LogP contribution >= 0.6 is 11.6 Å². The van der Waals surface area contributed by atoms with Gasteiger partial charge in [-0.15, -0.1) is 0 Å². The lowest BCUT2D eigenvalue weighted by molar-refractivity contribution is -0.0261. The highest BCUT2D eigenvalue weighted by Gasteiger charge is 2.33. The fraction of sp³-hybridized carbons (Fsp3) is 0.345. The molecule has 0 spiro atoms. The molecule has 3 aromatic carbocycles. The molecule has 1 unspecified atom stereocenters. The first kappa shape index (κ1) is 24.3. The summed E-state index contributed by atoms with van der Waals surface area (Å²) in [7, 11) is 0. The zero-order valence-corrected chi connectivity index (χ0v) is 20.1. The number of ether oxygens (including phenoxy) is 1. The lowest BCUT2D eigenvalue weighted by Gasteiger charge is -2.38. The van der Waals surface area contributed by atoms with E-state index in [1.165, 1.54) is 0 Å². The Morgan fingerprint density at radius 3 is 2.35 bits per heavy atom. The molecule has 0 amide bonds. The van der Waals surface area contributed by atoms with Crippen molar-refractivity contribution in [3.8, 4) is 11.8 Å². The number of aliphatic hydroxyl groups is 1. The summed E-state index contributed by atoms with van der Waals surface area (Å²) in [5.74, 6) is 0.576. The van der Waals surface area contributed by atoms with Crippen molar-refractivity contribution < 1.29 is 9.84 Å². The van der Waals surface area contributed by atoms with Gasteiger partial charge >= 0.3 is 0 Å². The van der Waals surface area contributed by atoms with Crippen LogP contribution in [0.5, 0.6) is 5.75 Å². The van der Waals surface area contributed by atoms with E-state index in [4.69, 9.17) is 16.3 Å². The number of halogens is 1. The molecule has 5 heteroatoms. The topological polar surface area (TPSA) is 56.5 Å². The molecule has 1 atom stereocenters. The highest BCUT2D eigenvalue weighted by atomic mass is 35.5. The standard InChI is InChI=1S/C29H31ClN2O2/c30-26-14-12-25(13-15-26)29(33)16-19-32(20-17-29)18-6-9-24(21-31)27-10-4-5-11-28(27)34-22-23-7-2-1-3-8-23/h1-5,7-8,10-15,24,33H,6,9,16-20,22H2. The van der Waals surface area contributed by atoms with Crippen LogP contribution < -0.4 is 4.74 Å². The van der Waals surface area contributed by atoms with E-state index < -0.39 is 5.60 Å². The molecular weight excluding hydrogens is 444 g/mol. The zero-order chi connectivity index (χ0) is 23.8. The van der Waals surface area contributed by atoms with E-state index in [9.17, 15) is 10.4 Å². The highest BCUT2D eigenvalue weighted by molar-refractivity contribution is 6.30. The number of hydrogen-bond donors (Lipinski definition) is 1. The first-order valence-electron chi connectivity index (χ1n) is 11.9. The monoisotopic (exact) mass is 474 g/mol. The van der Waals surface area contributed by atoms with Crippen molar-refractivity contribution in [2.45, 2.75) is 43.8 Å². The SMILES string of the molecule is N#CC(CCCN1CCC(O)(c2ccc(Cl)cc2)CC1)c1ccccc1OCc1ccccc1. The molecule has 1 heterocycles. The molecule has 1 aliphatic heterocycles. The van der Waals surface area contributed by atoms with Gasteiger partial charge in [0.1, 0.15) is 12.4 Å². The Balaban J connectivity index is 1.28. The van der Waals surface area contributed by atoms with Gasteiger partial charge in [0.15, 0.2) is 0 Å². The van der Waals surface area contributed by atoms with E-state index in [0.29, 0.717) is 24.5 Å².